The number of amides is 1. The van der Waals surface area contributed by atoms with Crippen LogP contribution in [-0.4, -0.2) is 36.2 Å². The van der Waals surface area contributed by atoms with Crippen LogP contribution in [0.25, 0.3) is 0 Å². The number of anilines is 1. The molecule has 1 saturated heterocycles. The van der Waals surface area contributed by atoms with Gasteiger partial charge in [-0.15, -0.1) is 11.8 Å². The summed E-state index contributed by atoms with van der Waals surface area (Å²) in [4.78, 5) is 17.9. The molecule has 2 aromatic rings. The molecule has 3 rings (SSSR count). The maximum Gasteiger partial charge on any atom is 0.223 e. The molecule has 0 aromatic heterocycles. The van der Waals surface area contributed by atoms with Crippen LogP contribution < -0.4 is 4.90 Å². The van der Waals surface area contributed by atoms with Crippen molar-refractivity contribution in [3.05, 3.63) is 87.2 Å². The van der Waals surface area contributed by atoms with Gasteiger partial charge < -0.3 is 9.80 Å². The second-order valence-electron chi connectivity index (χ2n) is 6.97. The molecule has 0 saturated carbocycles. The van der Waals surface area contributed by atoms with Gasteiger partial charge in [0.15, 0.2) is 0 Å². The van der Waals surface area contributed by atoms with E-state index in [2.05, 4.69) is 18.1 Å². The lowest BCUT2D eigenvalue weighted by Gasteiger charge is -2.43. The van der Waals surface area contributed by atoms with Gasteiger partial charge in [0.1, 0.15) is 0 Å². The Morgan fingerprint density at radius 3 is 2.47 bits per heavy atom. The molecule has 7 heteroatoms. The summed E-state index contributed by atoms with van der Waals surface area (Å²) < 4.78 is 0. The minimum Gasteiger partial charge on any atom is -0.360 e. The third kappa shape index (κ3) is 5.76. The first-order valence-electron chi connectivity index (χ1n) is 9.58. The van der Waals surface area contributed by atoms with E-state index in [1.807, 2.05) is 41.3 Å². The van der Waals surface area contributed by atoms with Gasteiger partial charge >= 0.3 is 0 Å². The number of rotatable bonds is 7. The Kier molecular flexibility index (Phi) is 8.18. The molecule has 1 unspecified atom stereocenters. The van der Waals surface area contributed by atoms with Gasteiger partial charge in [0.2, 0.25) is 5.91 Å². The zero-order valence-electron chi connectivity index (χ0n) is 16.5. The first kappa shape index (κ1) is 23.1. The number of benzene rings is 2. The molecule has 3 nitrogen and oxygen atoms in total. The number of carbonyl (C=O) groups excluding carboxylic acids is 1. The lowest BCUT2D eigenvalue weighted by Crippen LogP contribution is -2.50. The highest BCUT2D eigenvalue weighted by atomic mass is 35.5. The van der Waals surface area contributed by atoms with E-state index in [-0.39, 0.29) is 11.9 Å². The number of nitrogens with zero attached hydrogens (tertiary/aromatic N) is 2. The fraction of sp³-hybridized carbons (Fsp3) is 0.261. The largest absolute Gasteiger partial charge is 0.360 e. The van der Waals surface area contributed by atoms with Gasteiger partial charge in [-0.25, -0.2) is 0 Å². The molecule has 1 amide bonds. The predicted octanol–water partition coefficient (Wildman–Crippen LogP) is 6.86. The van der Waals surface area contributed by atoms with Crippen molar-refractivity contribution in [2.45, 2.75) is 12.5 Å². The summed E-state index contributed by atoms with van der Waals surface area (Å²) in [6.07, 6.45) is 2.17. The minimum absolute atomic E-state index is 0.0329. The Hall–Kier alpha value is -1.59. The molecular formula is C23H23Cl3N2OS. The highest BCUT2D eigenvalue weighted by Crippen LogP contribution is 2.37. The van der Waals surface area contributed by atoms with E-state index in [4.69, 9.17) is 34.8 Å². The van der Waals surface area contributed by atoms with Crippen molar-refractivity contribution in [2.75, 3.05) is 30.3 Å². The van der Waals surface area contributed by atoms with Gasteiger partial charge in [-0.1, -0.05) is 66.2 Å². The molecule has 158 valence electrons. The van der Waals surface area contributed by atoms with E-state index in [0.717, 1.165) is 16.2 Å². The van der Waals surface area contributed by atoms with Gasteiger partial charge in [-0.2, -0.15) is 0 Å². The predicted molar refractivity (Wildman–Crippen MR) is 131 cm³/mol. The van der Waals surface area contributed by atoms with Crippen LogP contribution in [0.2, 0.25) is 15.1 Å². The number of hydrogen-bond acceptors (Lipinski definition) is 3. The molecule has 30 heavy (non-hydrogen) atoms. The van der Waals surface area contributed by atoms with Crippen LogP contribution in [0.1, 0.15) is 18.0 Å². The summed E-state index contributed by atoms with van der Waals surface area (Å²) in [6.45, 7) is 9.46. The van der Waals surface area contributed by atoms with Crippen LogP contribution in [0.3, 0.4) is 0 Å². The topological polar surface area (TPSA) is 23.6 Å². The summed E-state index contributed by atoms with van der Waals surface area (Å²) in [5.41, 5.74) is 1.99. The number of carbonyl (C=O) groups is 1. The Morgan fingerprint density at radius 1 is 1.10 bits per heavy atom. The van der Waals surface area contributed by atoms with Gasteiger partial charge in [0.25, 0.3) is 0 Å². The van der Waals surface area contributed by atoms with Gasteiger partial charge in [-0.05, 0) is 40.8 Å². The molecule has 0 N–H and O–H groups in total. The summed E-state index contributed by atoms with van der Waals surface area (Å²) in [7, 11) is 0. The van der Waals surface area contributed by atoms with Crippen molar-refractivity contribution in [3.8, 4) is 0 Å². The van der Waals surface area contributed by atoms with Gasteiger partial charge in [-0.3, -0.25) is 4.79 Å². The minimum atomic E-state index is -0.0329. The van der Waals surface area contributed by atoms with Crippen molar-refractivity contribution in [1.82, 2.24) is 4.90 Å². The van der Waals surface area contributed by atoms with E-state index in [1.54, 1.807) is 23.9 Å². The van der Waals surface area contributed by atoms with E-state index in [9.17, 15) is 4.79 Å². The third-order valence-electron chi connectivity index (χ3n) is 5.04. The monoisotopic (exact) mass is 480 g/mol. The summed E-state index contributed by atoms with van der Waals surface area (Å²) in [5, 5.41) is 1.87. The maximum atomic E-state index is 12.8. The average molecular weight is 482 g/mol. The van der Waals surface area contributed by atoms with Gasteiger partial charge in [0, 0.05) is 41.9 Å². The average Bonchev–Trinajstić information content (AvgIpc) is 2.74. The molecule has 1 atom stereocenters. The van der Waals surface area contributed by atoms with E-state index in [0.29, 0.717) is 46.9 Å². The normalized spacial score (nSPS) is 16.4. The molecule has 1 heterocycles. The SMILES string of the molecule is C=CC(=C)SCCC(=O)N1CCN(c2ccc(Cl)cc2Cl)C(c2ccc(Cl)cc2)C1. The quantitative estimate of drug-likeness (QED) is 0.404. The highest BCUT2D eigenvalue weighted by molar-refractivity contribution is 8.03. The highest BCUT2D eigenvalue weighted by Gasteiger charge is 2.31. The van der Waals surface area contributed by atoms with Gasteiger partial charge in [0.05, 0.1) is 16.8 Å². The number of hydrogen-bond donors (Lipinski definition) is 0. The molecule has 2 aromatic carbocycles. The van der Waals surface area contributed by atoms with Crippen molar-refractivity contribution in [2.24, 2.45) is 0 Å². The van der Waals surface area contributed by atoms with Crippen LogP contribution in [0.4, 0.5) is 5.69 Å². The molecule has 0 bridgehead atoms. The van der Waals surface area contributed by atoms with Crippen LogP contribution in [0.5, 0.6) is 0 Å². The number of halogens is 3. The Morgan fingerprint density at radius 2 is 1.80 bits per heavy atom. The Bertz CT molecular complexity index is 933. The van der Waals surface area contributed by atoms with E-state index < -0.39 is 0 Å². The third-order valence-corrected chi connectivity index (χ3v) is 6.77. The fourth-order valence-electron chi connectivity index (χ4n) is 3.47. The fourth-order valence-corrected chi connectivity index (χ4v) is 4.77. The molecule has 1 fully saturated rings. The molecule has 1 aliphatic heterocycles. The Balaban J connectivity index is 1.80. The van der Waals surface area contributed by atoms with E-state index in [1.165, 1.54) is 0 Å². The first-order valence-corrected chi connectivity index (χ1v) is 11.7. The second kappa shape index (κ2) is 10.6. The first-order chi connectivity index (χ1) is 14.4. The van der Waals surface area contributed by atoms with Crippen molar-refractivity contribution >= 4 is 58.2 Å². The standard InChI is InChI=1S/C23H23Cl3N2OS/c1-3-16(2)30-13-10-23(29)27-11-12-28(21-9-8-19(25)14-20(21)26)22(15-27)17-4-6-18(24)7-5-17/h3-9,14,22H,1-2,10-13,15H2. The van der Waals surface area contributed by atoms with E-state index >= 15 is 0 Å². The smallest absolute Gasteiger partial charge is 0.223 e. The van der Waals surface area contributed by atoms with Crippen LogP contribution in [-0.2, 0) is 4.79 Å². The van der Waals surface area contributed by atoms with Crippen molar-refractivity contribution in [1.29, 1.82) is 0 Å². The maximum absolute atomic E-state index is 12.8. The van der Waals surface area contributed by atoms with Crippen LogP contribution in [0, 0.1) is 0 Å². The zero-order chi connectivity index (χ0) is 21.7. The molecule has 0 spiro atoms. The van der Waals surface area contributed by atoms with Crippen molar-refractivity contribution < 1.29 is 4.79 Å². The number of allylic oxidation sites excluding steroid dienone is 1. The number of piperazine rings is 1. The zero-order valence-corrected chi connectivity index (χ0v) is 19.6. The molecular weight excluding hydrogens is 459 g/mol. The lowest BCUT2D eigenvalue weighted by atomic mass is 10.0. The van der Waals surface area contributed by atoms with Crippen LogP contribution in [0.15, 0.2) is 66.6 Å². The second-order valence-corrected chi connectivity index (χ2v) is 9.47. The summed E-state index contributed by atoms with van der Waals surface area (Å²) in [5.74, 6) is 0.832. The molecule has 0 radical (unpaired) electrons. The van der Waals surface area contributed by atoms with Crippen molar-refractivity contribution in [3.63, 3.8) is 0 Å². The molecule has 1 aliphatic rings. The summed E-state index contributed by atoms with van der Waals surface area (Å²) in [6, 6.07) is 13.2. The number of thioether (sulfide) groups is 1. The lowest BCUT2D eigenvalue weighted by molar-refractivity contribution is -0.131. The van der Waals surface area contributed by atoms with Crippen LogP contribution >= 0.6 is 46.6 Å². The molecule has 0 aliphatic carbocycles. The summed E-state index contributed by atoms with van der Waals surface area (Å²) >= 11 is 20.2. The Labute approximate surface area is 197 Å².